The van der Waals surface area contributed by atoms with Crippen molar-refractivity contribution in [1.82, 2.24) is 10.6 Å². The first-order valence-corrected chi connectivity index (χ1v) is 9.32. The van der Waals surface area contributed by atoms with E-state index in [9.17, 15) is 4.79 Å². The minimum atomic E-state index is 0.204. The van der Waals surface area contributed by atoms with Crippen LogP contribution in [-0.4, -0.2) is 99.5 Å². The molecule has 0 aliphatic carbocycles. The van der Waals surface area contributed by atoms with Crippen LogP contribution in [0.3, 0.4) is 0 Å². The van der Waals surface area contributed by atoms with E-state index in [1.807, 2.05) is 27.9 Å². The van der Waals surface area contributed by atoms with E-state index in [1.165, 1.54) is 0 Å². The standard InChI is InChI=1S/C14H32N2O5.C4H8O/c1-15-3-5-17-7-9-19-11-13-21-14-12-20-10-8-18-6-4-16-2;1-4(2)3-5/h15-16H,3-14H2,1-2H3;3-4H,1-2H3. The number of ether oxygens (including phenoxy) is 5. The van der Waals surface area contributed by atoms with Gasteiger partial charge in [-0.25, -0.2) is 0 Å². The average Bonchev–Trinajstić information content (AvgIpc) is 2.64. The molecule has 8 nitrogen and oxygen atoms in total. The Labute approximate surface area is 159 Å². The van der Waals surface area contributed by atoms with Gasteiger partial charge in [-0.1, -0.05) is 13.8 Å². The molecule has 0 rings (SSSR count). The molecule has 0 saturated carbocycles. The highest BCUT2D eigenvalue weighted by molar-refractivity contribution is 5.51. The van der Waals surface area contributed by atoms with E-state index in [4.69, 9.17) is 23.7 Å². The number of likely N-dealkylation sites (N-methyl/N-ethyl adjacent to an activating group) is 2. The molecule has 0 aromatic carbocycles. The number of carbonyl (C=O) groups is 1. The summed E-state index contributed by atoms with van der Waals surface area (Å²) in [5.74, 6) is 0.204. The molecule has 0 bridgehead atoms. The van der Waals surface area contributed by atoms with Crippen molar-refractivity contribution in [2.45, 2.75) is 13.8 Å². The van der Waals surface area contributed by atoms with Crippen LogP contribution in [0.2, 0.25) is 0 Å². The maximum Gasteiger partial charge on any atom is 0.122 e. The summed E-state index contributed by atoms with van der Waals surface area (Å²) >= 11 is 0. The van der Waals surface area contributed by atoms with Gasteiger partial charge in [-0.15, -0.1) is 0 Å². The second-order valence-corrected chi connectivity index (χ2v) is 5.65. The van der Waals surface area contributed by atoms with Crippen molar-refractivity contribution >= 4 is 6.29 Å². The molecule has 2 N–H and O–H groups in total. The van der Waals surface area contributed by atoms with Crippen molar-refractivity contribution in [1.29, 1.82) is 0 Å². The molecule has 0 fully saturated rings. The smallest absolute Gasteiger partial charge is 0.122 e. The van der Waals surface area contributed by atoms with Gasteiger partial charge in [0.25, 0.3) is 0 Å². The molecular formula is C18H40N2O6. The minimum absolute atomic E-state index is 0.204. The predicted molar refractivity (Wildman–Crippen MR) is 103 cm³/mol. The van der Waals surface area contributed by atoms with Crippen LogP contribution in [0.1, 0.15) is 13.8 Å². The molecule has 0 saturated heterocycles. The largest absolute Gasteiger partial charge is 0.378 e. The van der Waals surface area contributed by atoms with Crippen molar-refractivity contribution < 1.29 is 28.5 Å². The Morgan fingerprint density at radius 1 is 0.615 bits per heavy atom. The van der Waals surface area contributed by atoms with Gasteiger partial charge in [0.2, 0.25) is 0 Å². The summed E-state index contributed by atoms with van der Waals surface area (Å²) in [5, 5.41) is 6.02. The zero-order chi connectivity index (χ0) is 19.7. The van der Waals surface area contributed by atoms with Crippen LogP contribution >= 0.6 is 0 Å². The van der Waals surface area contributed by atoms with E-state index in [1.54, 1.807) is 0 Å². The van der Waals surface area contributed by atoms with Crippen LogP contribution < -0.4 is 10.6 Å². The third-order valence-electron chi connectivity index (χ3n) is 2.75. The van der Waals surface area contributed by atoms with Crippen molar-refractivity contribution in [2.75, 3.05) is 93.3 Å². The number of carbonyl (C=O) groups excluding carboxylic acids is 1. The van der Waals surface area contributed by atoms with E-state index in [0.717, 1.165) is 19.4 Å². The fourth-order valence-electron chi connectivity index (χ4n) is 1.33. The van der Waals surface area contributed by atoms with Crippen LogP contribution in [0.15, 0.2) is 0 Å². The van der Waals surface area contributed by atoms with E-state index in [0.29, 0.717) is 66.1 Å². The first-order chi connectivity index (χ1) is 12.7. The van der Waals surface area contributed by atoms with Gasteiger partial charge in [-0.2, -0.15) is 0 Å². The van der Waals surface area contributed by atoms with Crippen molar-refractivity contribution in [3.63, 3.8) is 0 Å². The van der Waals surface area contributed by atoms with Crippen LogP contribution in [-0.2, 0) is 28.5 Å². The molecule has 0 aromatic rings. The van der Waals surface area contributed by atoms with Gasteiger partial charge in [-0.3, -0.25) is 0 Å². The number of aldehydes is 1. The minimum Gasteiger partial charge on any atom is -0.378 e. The van der Waals surface area contributed by atoms with Crippen molar-refractivity contribution in [3.05, 3.63) is 0 Å². The van der Waals surface area contributed by atoms with Gasteiger partial charge in [-0.05, 0) is 14.1 Å². The Hall–Kier alpha value is -0.610. The quantitative estimate of drug-likeness (QED) is 0.245. The van der Waals surface area contributed by atoms with Crippen molar-refractivity contribution in [2.24, 2.45) is 5.92 Å². The zero-order valence-electron chi connectivity index (χ0n) is 17.1. The topological polar surface area (TPSA) is 87.3 Å². The zero-order valence-corrected chi connectivity index (χ0v) is 17.1. The third kappa shape index (κ3) is 31.2. The molecule has 158 valence electrons. The van der Waals surface area contributed by atoms with E-state index < -0.39 is 0 Å². The number of hydrogen-bond acceptors (Lipinski definition) is 8. The normalized spacial score (nSPS) is 10.7. The number of rotatable bonds is 19. The molecule has 8 heteroatoms. The Morgan fingerprint density at radius 2 is 0.846 bits per heavy atom. The van der Waals surface area contributed by atoms with Gasteiger partial charge >= 0.3 is 0 Å². The highest BCUT2D eigenvalue weighted by Crippen LogP contribution is 1.83. The van der Waals surface area contributed by atoms with Crippen LogP contribution in [0.5, 0.6) is 0 Å². The predicted octanol–water partition coefficient (Wildman–Crippen LogP) is 0.350. The lowest BCUT2D eigenvalue weighted by Gasteiger charge is -2.07. The summed E-state index contributed by atoms with van der Waals surface area (Å²) in [5.41, 5.74) is 0. The summed E-state index contributed by atoms with van der Waals surface area (Å²) in [7, 11) is 3.80. The molecule has 0 radical (unpaired) electrons. The summed E-state index contributed by atoms with van der Waals surface area (Å²) in [6.07, 6.45) is 0.917. The number of nitrogens with one attached hydrogen (secondary N) is 2. The summed E-state index contributed by atoms with van der Waals surface area (Å²) in [6, 6.07) is 0. The van der Waals surface area contributed by atoms with Gasteiger partial charge in [0.1, 0.15) is 6.29 Å². The van der Waals surface area contributed by atoms with Gasteiger partial charge in [0, 0.05) is 19.0 Å². The first kappa shape index (κ1) is 27.6. The Bertz CT molecular complexity index is 240. The van der Waals surface area contributed by atoms with Crippen LogP contribution in [0.4, 0.5) is 0 Å². The van der Waals surface area contributed by atoms with Gasteiger partial charge in [0.05, 0.1) is 66.1 Å². The van der Waals surface area contributed by atoms with E-state index in [-0.39, 0.29) is 5.92 Å². The van der Waals surface area contributed by atoms with E-state index in [2.05, 4.69) is 10.6 Å². The molecule has 0 atom stereocenters. The van der Waals surface area contributed by atoms with Gasteiger partial charge < -0.3 is 39.1 Å². The maximum absolute atomic E-state index is 9.50. The second kappa shape index (κ2) is 26.6. The molecule has 0 amide bonds. The van der Waals surface area contributed by atoms with Gasteiger partial charge in [0.15, 0.2) is 0 Å². The highest BCUT2D eigenvalue weighted by Gasteiger charge is 1.93. The lowest BCUT2D eigenvalue weighted by atomic mass is 10.3. The fraction of sp³-hybridized carbons (Fsp3) is 0.944. The third-order valence-corrected chi connectivity index (χ3v) is 2.75. The highest BCUT2D eigenvalue weighted by atomic mass is 16.6. The SMILES string of the molecule is CC(C)C=O.CNCCOCCOCCOCCOCCOCCNC. The molecular weight excluding hydrogens is 340 g/mol. The van der Waals surface area contributed by atoms with Crippen LogP contribution in [0.25, 0.3) is 0 Å². The fourth-order valence-corrected chi connectivity index (χ4v) is 1.33. The molecule has 0 aromatic heterocycles. The lowest BCUT2D eigenvalue weighted by Crippen LogP contribution is -2.17. The number of hydrogen-bond donors (Lipinski definition) is 2. The Morgan fingerprint density at radius 3 is 1.04 bits per heavy atom. The van der Waals surface area contributed by atoms with Crippen molar-refractivity contribution in [3.8, 4) is 0 Å². The molecule has 26 heavy (non-hydrogen) atoms. The molecule has 0 aliphatic heterocycles. The Balaban J connectivity index is 0. The second-order valence-electron chi connectivity index (χ2n) is 5.65. The summed E-state index contributed by atoms with van der Waals surface area (Å²) in [4.78, 5) is 9.50. The molecule has 0 heterocycles. The molecule has 0 aliphatic rings. The lowest BCUT2D eigenvalue weighted by molar-refractivity contribution is -0.110. The monoisotopic (exact) mass is 380 g/mol. The molecule has 0 unspecified atom stereocenters. The average molecular weight is 381 g/mol. The molecule has 0 spiro atoms. The summed E-state index contributed by atoms with van der Waals surface area (Å²) in [6.45, 7) is 11.7. The van der Waals surface area contributed by atoms with Crippen LogP contribution in [0, 0.1) is 5.92 Å². The Kier molecular flexibility index (Phi) is 28.3. The van der Waals surface area contributed by atoms with E-state index >= 15 is 0 Å². The maximum atomic E-state index is 9.50. The first-order valence-electron chi connectivity index (χ1n) is 9.32. The summed E-state index contributed by atoms with van der Waals surface area (Å²) < 4.78 is 26.7.